The third kappa shape index (κ3) is 5.28. The minimum absolute atomic E-state index is 0.0532. The van der Waals surface area contributed by atoms with Gasteiger partial charge in [0, 0.05) is 67.8 Å². The third-order valence-corrected chi connectivity index (χ3v) is 7.78. The number of amides is 1. The number of aromatic nitrogens is 4. The number of halogens is 1. The van der Waals surface area contributed by atoms with Crippen LogP contribution in [0.2, 0.25) is 0 Å². The standard InChI is InChI=1S/C32H31FN6O3/c1-19-3-8-23(27(33)13-19)25-16-39(14-20-9-11-42-12-10-20)17-26(29(25)40)32(41)37-22-6-4-21(5-7-22)24-15-38(2)31-28(24)30(34)35-18-36-31/h3-8,13,15-18,20H,9-12,14H2,1-2H3,(H,37,41)(H2,34,35,36). The number of fused-ring (bicyclic) bond motifs is 1. The SMILES string of the molecule is Cc1ccc(-c2cn(CC3CCOCC3)cc(C(=O)Nc3ccc(-c4cn(C)c5ncnc(N)c45)cc3)c2=O)c(F)c1. The molecule has 1 aliphatic rings. The maximum atomic E-state index is 15.0. The van der Waals surface area contributed by atoms with Gasteiger partial charge in [0.25, 0.3) is 5.91 Å². The molecule has 1 fully saturated rings. The van der Waals surface area contributed by atoms with Gasteiger partial charge in [-0.1, -0.05) is 24.3 Å². The fourth-order valence-corrected chi connectivity index (χ4v) is 5.54. The molecule has 0 radical (unpaired) electrons. The zero-order valence-electron chi connectivity index (χ0n) is 23.4. The number of nitrogens with one attached hydrogen (secondary N) is 1. The minimum atomic E-state index is -0.564. The van der Waals surface area contributed by atoms with Gasteiger partial charge in [0.1, 0.15) is 29.2 Å². The molecule has 3 aromatic heterocycles. The summed E-state index contributed by atoms with van der Waals surface area (Å²) in [5.74, 6) is -0.355. The Hall–Kier alpha value is -4.83. The molecular weight excluding hydrogens is 535 g/mol. The topological polar surface area (TPSA) is 117 Å². The lowest BCUT2D eigenvalue weighted by molar-refractivity contribution is 0.0612. The monoisotopic (exact) mass is 566 g/mol. The highest BCUT2D eigenvalue weighted by Crippen LogP contribution is 2.32. The number of nitrogens with two attached hydrogens (primary N) is 1. The van der Waals surface area contributed by atoms with E-state index in [2.05, 4.69) is 15.3 Å². The largest absolute Gasteiger partial charge is 0.383 e. The number of ether oxygens (including phenoxy) is 1. The van der Waals surface area contributed by atoms with E-state index in [1.807, 2.05) is 34.5 Å². The first kappa shape index (κ1) is 27.3. The lowest BCUT2D eigenvalue weighted by Gasteiger charge is -2.23. The summed E-state index contributed by atoms with van der Waals surface area (Å²) >= 11 is 0. The molecule has 10 heteroatoms. The fourth-order valence-electron chi connectivity index (χ4n) is 5.54. The molecule has 1 amide bonds. The first-order chi connectivity index (χ1) is 20.3. The second kappa shape index (κ2) is 11.2. The summed E-state index contributed by atoms with van der Waals surface area (Å²) in [6, 6.07) is 12.0. The molecule has 42 heavy (non-hydrogen) atoms. The number of carbonyl (C=O) groups excluding carboxylic acids is 1. The maximum absolute atomic E-state index is 15.0. The van der Waals surface area contributed by atoms with Crippen LogP contribution in [0.3, 0.4) is 0 Å². The molecule has 0 bridgehead atoms. The molecule has 6 rings (SSSR count). The fraction of sp³-hybridized carbons (Fsp3) is 0.250. The van der Waals surface area contributed by atoms with Crippen LogP contribution in [0.25, 0.3) is 33.3 Å². The van der Waals surface area contributed by atoms with Gasteiger partial charge >= 0.3 is 0 Å². The molecule has 5 aromatic rings. The molecule has 1 aliphatic heterocycles. The first-order valence-corrected chi connectivity index (χ1v) is 13.8. The molecule has 3 N–H and O–H groups in total. The summed E-state index contributed by atoms with van der Waals surface area (Å²) in [6.45, 7) is 3.73. The van der Waals surface area contributed by atoms with E-state index in [9.17, 15) is 9.59 Å². The summed E-state index contributed by atoms with van der Waals surface area (Å²) in [7, 11) is 1.89. The number of pyridine rings is 1. The number of rotatable bonds is 6. The van der Waals surface area contributed by atoms with Crippen LogP contribution in [0.5, 0.6) is 0 Å². The van der Waals surface area contributed by atoms with Gasteiger partial charge in [-0.2, -0.15) is 0 Å². The van der Waals surface area contributed by atoms with Crippen LogP contribution in [-0.4, -0.2) is 38.2 Å². The van der Waals surface area contributed by atoms with Gasteiger partial charge in [-0.05, 0) is 55.0 Å². The van der Waals surface area contributed by atoms with Crippen LogP contribution >= 0.6 is 0 Å². The number of aryl methyl sites for hydroxylation is 2. The minimum Gasteiger partial charge on any atom is -0.383 e. The van der Waals surface area contributed by atoms with Crippen molar-refractivity contribution in [2.24, 2.45) is 13.0 Å². The van der Waals surface area contributed by atoms with Crippen molar-refractivity contribution < 1.29 is 13.9 Å². The Kier molecular flexibility index (Phi) is 7.30. The predicted octanol–water partition coefficient (Wildman–Crippen LogP) is 5.17. The number of benzene rings is 2. The highest BCUT2D eigenvalue weighted by Gasteiger charge is 2.21. The molecule has 214 valence electrons. The quantitative estimate of drug-likeness (QED) is 0.293. The second-order valence-corrected chi connectivity index (χ2v) is 10.8. The van der Waals surface area contributed by atoms with Crippen LogP contribution in [-0.2, 0) is 18.3 Å². The van der Waals surface area contributed by atoms with Gasteiger partial charge in [-0.15, -0.1) is 0 Å². The van der Waals surface area contributed by atoms with Crippen LogP contribution in [0.1, 0.15) is 28.8 Å². The van der Waals surface area contributed by atoms with Crippen LogP contribution in [0.15, 0.2) is 72.2 Å². The Bertz CT molecular complexity index is 1860. The zero-order chi connectivity index (χ0) is 29.4. The molecule has 0 spiro atoms. The van der Waals surface area contributed by atoms with Crippen molar-refractivity contribution in [2.45, 2.75) is 26.3 Å². The molecule has 4 heterocycles. The van der Waals surface area contributed by atoms with E-state index in [0.717, 1.165) is 40.6 Å². The molecule has 0 atom stereocenters. The maximum Gasteiger partial charge on any atom is 0.261 e. The summed E-state index contributed by atoms with van der Waals surface area (Å²) in [5.41, 5.74) is 9.60. The number of carbonyl (C=O) groups is 1. The molecule has 0 saturated carbocycles. The van der Waals surface area contributed by atoms with Gasteiger partial charge in [0.15, 0.2) is 0 Å². The van der Waals surface area contributed by atoms with E-state index in [1.165, 1.54) is 12.4 Å². The van der Waals surface area contributed by atoms with E-state index in [0.29, 0.717) is 37.2 Å². The molecule has 2 aromatic carbocycles. The van der Waals surface area contributed by atoms with E-state index in [-0.39, 0.29) is 16.7 Å². The Balaban J connectivity index is 1.32. The van der Waals surface area contributed by atoms with Gasteiger partial charge < -0.3 is 24.9 Å². The lowest BCUT2D eigenvalue weighted by Crippen LogP contribution is -2.27. The Labute approximate surface area is 241 Å². The number of nitrogens with zero attached hydrogens (tertiary/aromatic N) is 4. The van der Waals surface area contributed by atoms with Gasteiger partial charge in [0.2, 0.25) is 5.43 Å². The average Bonchev–Trinajstić information content (AvgIpc) is 3.32. The van der Waals surface area contributed by atoms with Gasteiger partial charge in [0.05, 0.1) is 5.39 Å². The number of hydrogen-bond acceptors (Lipinski definition) is 6. The summed E-state index contributed by atoms with van der Waals surface area (Å²) in [5, 5.41) is 3.60. The highest BCUT2D eigenvalue weighted by molar-refractivity contribution is 6.05. The van der Waals surface area contributed by atoms with Gasteiger partial charge in [-0.3, -0.25) is 9.59 Å². The third-order valence-electron chi connectivity index (χ3n) is 7.78. The summed E-state index contributed by atoms with van der Waals surface area (Å²) in [4.78, 5) is 35.5. The molecule has 9 nitrogen and oxygen atoms in total. The van der Waals surface area contributed by atoms with Crippen molar-refractivity contribution >= 4 is 28.4 Å². The van der Waals surface area contributed by atoms with E-state index >= 15 is 4.39 Å². The van der Waals surface area contributed by atoms with Crippen molar-refractivity contribution in [2.75, 3.05) is 24.3 Å². The Morgan fingerprint density at radius 2 is 1.81 bits per heavy atom. The van der Waals surface area contributed by atoms with E-state index in [1.54, 1.807) is 43.6 Å². The van der Waals surface area contributed by atoms with Gasteiger partial charge in [-0.25, -0.2) is 14.4 Å². The van der Waals surface area contributed by atoms with Crippen molar-refractivity contribution in [3.8, 4) is 22.3 Å². The van der Waals surface area contributed by atoms with Crippen molar-refractivity contribution in [3.05, 3.63) is 94.5 Å². The van der Waals surface area contributed by atoms with Crippen LogP contribution < -0.4 is 16.5 Å². The zero-order valence-corrected chi connectivity index (χ0v) is 23.4. The second-order valence-electron chi connectivity index (χ2n) is 10.8. The van der Waals surface area contributed by atoms with Crippen molar-refractivity contribution in [1.82, 2.24) is 19.1 Å². The Morgan fingerprint density at radius 1 is 1.05 bits per heavy atom. The Morgan fingerprint density at radius 3 is 2.55 bits per heavy atom. The summed E-state index contributed by atoms with van der Waals surface area (Å²) < 4.78 is 24.2. The van der Waals surface area contributed by atoms with E-state index < -0.39 is 17.2 Å². The predicted molar refractivity (Wildman–Crippen MR) is 161 cm³/mol. The number of hydrogen-bond donors (Lipinski definition) is 2. The average molecular weight is 567 g/mol. The summed E-state index contributed by atoms with van der Waals surface area (Å²) in [6.07, 6.45) is 8.33. The highest BCUT2D eigenvalue weighted by atomic mass is 19.1. The lowest BCUT2D eigenvalue weighted by atomic mass is 9.99. The smallest absolute Gasteiger partial charge is 0.261 e. The first-order valence-electron chi connectivity index (χ1n) is 13.8. The number of anilines is 2. The number of nitrogen functional groups attached to an aromatic ring is 1. The van der Waals surface area contributed by atoms with Crippen molar-refractivity contribution in [1.29, 1.82) is 0 Å². The van der Waals surface area contributed by atoms with Crippen LogP contribution in [0.4, 0.5) is 15.9 Å². The van der Waals surface area contributed by atoms with Crippen LogP contribution in [0, 0.1) is 18.7 Å². The molecule has 0 aliphatic carbocycles. The van der Waals surface area contributed by atoms with Crippen molar-refractivity contribution in [3.63, 3.8) is 0 Å². The molecule has 0 unspecified atom stereocenters. The molecule has 1 saturated heterocycles. The van der Waals surface area contributed by atoms with E-state index in [4.69, 9.17) is 10.5 Å². The molecular formula is C32H31FN6O3. The normalized spacial score (nSPS) is 13.9.